The molecule has 0 saturated heterocycles. The van der Waals surface area contributed by atoms with Gasteiger partial charge in [-0.1, -0.05) is 48.0 Å². The van der Waals surface area contributed by atoms with Crippen molar-refractivity contribution in [2.24, 2.45) is 5.10 Å². The summed E-state index contributed by atoms with van der Waals surface area (Å²) in [4.78, 5) is 12.9. The van der Waals surface area contributed by atoms with Crippen LogP contribution in [0.15, 0.2) is 82.8 Å². The minimum atomic E-state index is -4.07. The molecule has 0 radical (unpaired) electrons. The van der Waals surface area contributed by atoms with Crippen LogP contribution in [0.1, 0.15) is 18.1 Å². The average Bonchev–Trinajstić information content (AvgIpc) is 2.86. The molecule has 8 nitrogen and oxygen atoms in total. The van der Waals surface area contributed by atoms with Crippen molar-refractivity contribution in [1.29, 1.82) is 0 Å². The zero-order valence-electron chi connectivity index (χ0n) is 19.5. The lowest BCUT2D eigenvalue weighted by Crippen LogP contribution is -2.39. The van der Waals surface area contributed by atoms with Crippen LogP contribution in [0.25, 0.3) is 0 Å². The number of carbonyl (C=O) groups is 1. The summed E-state index contributed by atoms with van der Waals surface area (Å²) in [5, 5.41) is 4.12. The number of rotatable bonds is 9. The summed E-state index contributed by atoms with van der Waals surface area (Å²) in [6.45, 7) is 3.13. The Hall–Kier alpha value is -3.85. The van der Waals surface area contributed by atoms with Gasteiger partial charge in [0.05, 0.1) is 30.5 Å². The van der Waals surface area contributed by atoms with Crippen molar-refractivity contribution in [3.05, 3.63) is 83.9 Å². The third-order valence-electron chi connectivity index (χ3n) is 5.09. The highest BCUT2D eigenvalue weighted by atomic mass is 32.2. The van der Waals surface area contributed by atoms with Gasteiger partial charge in [-0.15, -0.1) is 0 Å². The second kappa shape index (κ2) is 10.8. The topological polar surface area (TPSA) is 97.3 Å². The van der Waals surface area contributed by atoms with Crippen LogP contribution >= 0.6 is 0 Å². The number of nitrogens with zero attached hydrogens (tertiary/aromatic N) is 2. The maximum Gasteiger partial charge on any atom is 0.264 e. The van der Waals surface area contributed by atoms with E-state index in [1.807, 2.05) is 37.3 Å². The second-order valence-corrected chi connectivity index (χ2v) is 9.32. The molecule has 178 valence electrons. The number of hydrogen-bond donors (Lipinski definition) is 1. The number of hydrogen-bond acceptors (Lipinski definition) is 6. The Balaban J connectivity index is 1.95. The van der Waals surface area contributed by atoms with Crippen molar-refractivity contribution in [2.45, 2.75) is 18.7 Å². The molecule has 0 spiro atoms. The quantitative estimate of drug-likeness (QED) is 0.371. The van der Waals surface area contributed by atoms with Gasteiger partial charge < -0.3 is 9.47 Å². The van der Waals surface area contributed by atoms with E-state index in [0.717, 1.165) is 15.4 Å². The monoisotopic (exact) mass is 481 g/mol. The molecule has 0 fully saturated rings. The number of carbonyl (C=O) groups excluding carboxylic acids is 1. The Bertz CT molecular complexity index is 1270. The number of sulfonamides is 1. The van der Waals surface area contributed by atoms with Crippen molar-refractivity contribution in [1.82, 2.24) is 5.43 Å². The van der Waals surface area contributed by atoms with E-state index in [9.17, 15) is 13.2 Å². The van der Waals surface area contributed by atoms with Crippen LogP contribution in [-0.2, 0) is 14.8 Å². The highest BCUT2D eigenvalue weighted by molar-refractivity contribution is 7.92. The first kappa shape index (κ1) is 24.8. The van der Waals surface area contributed by atoms with E-state index >= 15 is 0 Å². The molecule has 0 unspecified atom stereocenters. The van der Waals surface area contributed by atoms with Crippen molar-refractivity contribution in [2.75, 3.05) is 25.1 Å². The summed E-state index contributed by atoms with van der Waals surface area (Å²) in [6.07, 6.45) is 0. The van der Waals surface area contributed by atoms with Crippen molar-refractivity contribution >= 4 is 27.3 Å². The summed E-state index contributed by atoms with van der Waals surface area (Å²) >= 11 is 0. The van der Waals surface area contributed by atoms with E-state index in [1.165, 1.54) is 32.4 Å². The van der Waals surface area contributed by atoms with Crippen molar-refractivity contribution < 1.29 is 22.7 Å². The van der Waals surface area contributed by atoms with Gasteiger partial charge in [0.2, 0.25) is 0 Å². The molecule has 0 bridgehead atoms. The summed E-state index contributed by atoms with van der Waals surface area (Å²) in [5.41, 5.74) is 5.05. The van der Waals surface area contributed by atoms with E-state index in [0.29, 0.717) is 17.2 Å². The fourth-order valence-corrected chi connectivity index (χ4v) is 4.60. The predicted molar refractivity (Wildman–Crippen MR) is 132 cm³/mol. The highest BCUT2D eigenvalue weighted by Crippen LogP contribution is 2.33. The first-order valence-corrected chi connectivity index (χ1v) is 11.9. The minimum absolute atomic E-state index is 0.0599. The highest BCUT2D eigenvalue weighted by Gasteiger charge is 2.28. The van der Waals surface area contributed by atoms with Gasteiger partial charge in [0.1, 0.15) is 6.54 Å². The Morgan fingerprint density at radius 1 is 0.941 bits per heavy atom. The Morgan fingerprint density at radius 2 is 1.59 bits per heavy atom. The summed E-state index contributed by atoms with van der Waals surface area (Å²) in [7, 11) is -1.14. The van der Waals surface area contributed by atoms with Crippen LogP contribution in [0.5, 0.6) is 11.5 Å². The number of methoxy groups -OCH3 is 2. The van der Waals surface area contributed by atoms with E-state index < -0.39 is 22.5 Å². The van der Waals surface area contributed by atoms with Crippen LogP contribution in [0.2, 0.25) is 0 Å². The molecular formula is C25H27N3O5S. The molecule has 3 rings (SSSR count). The molecule has 9 heteroatoms. The summed E-state index contributed by atoms with van der Waals surface area (Å²) < 4.78 is 38.7. The fraction of sp³-hybridized carbons (Fsp3) is 0.200. The van der Waals surface area contributed by atoms with Gasteiger partial charge in [0.15, 0.2) is 11.5 Å². The Morgan fingerprint density at radius 3 is 2.21 bits per heavy atom. The zero-order chi connectivity index (χ0) is 24.7. The lowest BCUT2D eigenvalue weighted by atomic mass is 10.1. The standard InChI is InChI=1S/C25H27N3O5S/c1-18-10-13-22(14-11-18)34(30,31)28(21-12-15-23(32-3)24(16-21)33-4)17-25(29)27-26-19(2)20-8-6-5-7-9-20/h5-16H,17H2,1-4H3,(H,27,29)/b26-19-. The van der Waals surface area contributed by atoms with Gasteiger partial charge in [0, 0.05) is 6.07 Å². The molecule has 34 heavy (non-hydrogen) atoms. The van der Waals surface area contributed by atoms with Gasteiger partial charge >= 0.3 is 0 Å². The molecule has 0 atom stereocenters. The molecule has 0 aromatic heterocycles. The number of anilines is 1. The lowest BCUT2D eigenvalue weighted by molar-refractivity contribution is -0.119. The SMILES string of the molecule is COc1ccc(N(CC(=O)N/N=C(/C)c2ccccc2)S(=O)(=O)c2ccc(C)cc2)cc1OC. The fourth-order valence-electron chi connectivity index (χ4n) is 3.19. The molecule has 0 aliphatic heterocycles. The Labute approximate surface area is 199 Å². The number of amides is 1. The van der Waals surface area contributed by atoms with Crippen LogP contribution in [-0.4, -0.2) is 40.8 Å². The van der Waals surface area contributed by atoms with E-state index in [-0.39, 0.29) is 10.6 Å². The zero-order valence-corrected chi connectivity index (χ0v) is 20.3. The molecule has 0 aliphatic carbocycles. The number of benzene rings is 3. The largest absolute Gasteiger partial charge is 0.493 e. The molecule has 3 aromatic carbocycles. The molecule has 1 N–H and O–H groups in total. The van der Waals surface area contributed by atoms with Crippen LogP contribution in [0.4, 0.5) is 5.69 Å². The maximum absolute atomic E-state index is 13.5. The van der Waals surface area contributed by atoms with Crippen LogP contribution in [0, 0.1) is 6.92 Å². The molecule has 0 heterocycles. The van der Waals surface area contributed by atoms with E-state index in [1.54, 1.807) is 31.2 Å². The molecule has 1 amide bonds. The van der Waals surface area contributed by atoms with Crippen molar-refractivity contribution in [3.63, 3.8) is 0 Å². The second-order valence-electron chi connectivity index (χ2n) is 7.46. The summed E-state index contributed by atoms with van der Waals surface area (Å²) in [6, 6.07) is 20.4. The van der Waals surface area contributed by atoms with Gasteiger partial charge in [-0.3, -0.25) is 9.10 Å². The third-order valence-corrected chi connectivity index (χ3v) is 6.88. The number of ether oxygens (including phenoxy) is 2. The lowest BCUT2D eigenvalue weighted by Gasteiger charge is -2.24. The van der Waals surface area contributed by atoms with E-state index in [2.05, 4.69) is 10.5 Å². The van der Waals surface area contributed by atoms with E-state index in [4.69, 9.17) is 9.47 Å². The molecular weight excluding hydrogens is 454 g/mol. The van der Waals surface area contributed by atoms with Crippen molar-refractivity contribution in [3.8, 4) is 11.5 Å². The van der Waals surface area contributed by atoms with Gasteiger partial charge in [-0.2, -0.15) is 5.10 Å². The molecule has 0 aliphatic rings. The van der Waals surface area contributed by atoms with Gasteiger partial charge in [-0.25, -0.2) is 13.8 Å². The summed E-state index contributed by atoms with van der Waals surface area (Å²) in [5.74, 6) is 0.176. The third kappa shape index (κ3) is 5.74. The van der Waals surface area contributed by atoms with Crippen LogP contribution in [0.3, 0.4) is 0 Å². The predicted octanol–water partition coefficient (Wildman–Crippen LogP) is 3.75. The maximum atomic E-state index is 13.5. The minimum Gasteiger partial charge on any atom is -0.493 e. The molecule has 0 saturated carbocycles. The number of nitrogens with one attached hydrogen (secondary N) is 1. The first-order chi connectivity index (χ1) is 16.3. The van der Waals surface area contributed by atoms with Gasteiger partial charge in [-0.05, 0) is 43.7 Å². The smallest absolute Gasteiger partial charge is 0.264 e. The molecule has 3 aromatic rings. The van der Waals surface area contributed by atoms with Crippen LogP contribution < -0.4 is 19.2 Å². The Kier molecular flexibility index (Phi) is 7.91. The normalized spacial score (nSPS) is 11.6. The van der Waals surface area contributed by atoms with Gasteiger partial charge in [0.25, 0.3) is 15.9 Å². The average molecular weight is 482 g/mol. The first-order valence-electron chi connectivity index (χ1n) is 10.5. The number of hydrazone groups is 1. The number of aryl methyl sites for hydroxylation is 1.